The Hall–Kier alpha value is -7.62. The first-order valence-electron chi connectivity index (χ1n) is 21.1. The van der Waals surface area contributed by atoms with Gasteiger partial charge in [0, 0.05) is 28.4 Å². The highest BCUT2D eigenvalue weighted by Gasteiger charge is 2.49. The highest BCUT2D eigenvalue weighted by molar-refractivity contribution is 7.88. The minimum Gasteiger partial charge on any atom is -0.374 e. The van der Waals surface area contributed by atoms with E-state index in [1.165, 1.54) is 6.07 Å². The lowest BCUT2D eigenvalue weighted by Gasteiger charge is -2.34. The van der Waals surface area contributed by atoms with Crippen molar-refractivity contribution in [3.05, 3.63) is 246 Å². The Labute approximate surface area is 376 Å². The van der Waals surface area contributed by atoms with Crippen LogP contribution in [0.15, 0.2) is 212 Å². The molecule has 0 aromatic heterocycles. The maximum atomic E-state index is 14.1. The minimum absolute atomic E-state index is 0.0720. The van der Waals surface area contributed by atoms with Crippen molar-refractivity contribution >= 4 is 55.0 Å². The number of hydrogen-bond donors (Lipinski definition) is 0. The van der Waals surface area contributed by atoms with Crippen LogP contribution in [0.5, 0.6) is 5.75 Å². The van der Waals surface area contributed by atoms with Gasteiger partial charge in [0.15, 0.2) is 5.75 Å². The molecule has 320 valence electrons. The summed E-state index contributed by atoms with van der Waals surface area (Å²) >= 11 is 0. The lowest BCUT2D eigenvalue weighted by molar-refractivity contribution is -0.0499. The molecule has 0 amide bonds. The fourth-order valence-corrected chi connectivity index (χ4v) is 9.68. The molecule has 1 aliphatic rings. The Morgan fingerprint density at radius 2 is 0.938 bits per heavy atom. The number of halogens is 3. The lowest BCUT2D eigenvalue weighted by atomic mass is 9.67. The third-order valence-corrected chi connectivity index (χ3v) is 13.2. The predicted octanol–water partition coefficient (Wildman–Crippen LogP) is 15.0. The average Bonchev–Trinajstić information content (AvgIpc) is 3.61. The Morgan fingerprint density at radius 3 is 1.55 bits per heavy atom. The monoisotopic (exact) mass is 878 g/mol. The molecule has 5 nitrogen and oxygen atoms in total. The molecule has 0 radical (unpaired) electrons. The van der Waals surface area contributed by atoms with Gasteiger partial charge in [0.2, 0.25) is 0 Å². The summed E-state index contributed by atoms with van der Waals surface area (Å²) in [4.78, 5) is 3.74. The van der Waals surface area contributed by atoms with Crippen molar-refractivity contribution in [2.75, 3.05) is 9.80 Å². The van der Waals surface area contributed by atoms with Gasteiger partial charge >= 0.3 is 15.6 Å². The zero-order valence-corrected chi connectivity index (χ0v) is 36.2. The van der Waals surface area contributed by atoms with Gasteiger partial charge in [-0.2, -0.15) is 21.6 Å². The van der Waals surface area contributed by atoms with Crippen molar-refractivity contribution in [3.63, 3.8) is 0 Å². The molecule has 0 saturated carbocycles. The van der Waals surface area contributed by atoms with Gasteiger partial charge in [-0.25, -0.2) is 0 Å². The number of fused-ring (bicyclic) bond motifs is 4. The van der Waals surface area contributed by atoms with Gasteiger partial charge in [0.05, 0.1) is 11.1 Å². The van der Waals surface area contributed by atoms with E-state index in [2.05, 4.69) is 111 Å². The molecule has 0 fully saturated rings. The third kappa shape index (κ3) is 7.28. The van der Waals surface area contributed by atoms with Crippen LogP contribution in [0.1, 0.15) is 33.4 Å². The van der Waals surface area contributed by atoms with E-state index in [-0.39, 0.29) is 5.69 Å². The second kappa shape index (κ2) is 16.2. The summed E-state index contributed by atoms with van der Waals surface area (Å²) in [7, 11) is -6.07. The summed E-state index contributed by atoms with van der Waals surface area (Å²) in [5.41, 5.74) is 5.90. The van der Waals surface area contributed by atoms with E-state index in [1.54, 1.807) is 65.6 Å². The largest absolute Gasteiger partial charge is 0.534 e. The maximum Gasteiger partial charge on any atom is 0.534 e. The molecule has 0 saturated heterocycles. The number of hydrogen-bond acceptors (Lipinski definition) is 5. The summed E-state index contributed by atoms with van der Waals surface area (Å²) < 4.78 is 72.8. The van der Waals surface area contributed by atoms with Crippen LogP contribution in [-0.4, -0.2) is 13.9 Å². The highest BCUT2D eigenvalue weighted by atomic mass is 32.2. The Bertz CT molecular complexity index is 3240. The average molecular weight is 879 g/mol. The summed E-state index contributed by atoms with van der Waals surface area (Å²) in [6, 6.07) is 69.2. The van der Waals surface area contributed by atoms with Crippen LogP contribution >= 0.6 is 0 Å². The van der Waals surface area contributed by atoms with E-state index in [1.807, 2.05) is 53.4 Å². The number of nitrogens with zero attached hydrogens (tertiary/aromatic N) is 2. The van der Waals surface area contributed by atoms with Gasteiger partial charge in [-0.05, 0) is 125 Å². The van der Waals surface area contributed by atoms with Crippen molar-refractivity contribution in [1.29, 1.82) is 0 Å². The van der Waals surface area contributed by atoms with Crippen molar-refractivity contribution in [2.24, 2.45) is 0 Å². The molecule has 0 bridgehead atoms. The first-order valence-corrected chi connectivity index (χ1v) is 22.6. The van der Waals surface area contributed by atoms with E-state index < -0.39 is 26.8 Å². The lowest BCUT2D eigenvalue weighted by Crippen LogP contribution is -2.28. The number of rotatable bonds is 10. The van der Waals surface area contributed by atoms with Crippen LogP contribution in [-0.2, 0) is 15.5 Å². The Balaban J connectivity index is 1.24. The van der Waals surface area contributed by atoms with E-state index in [4.69, 9.17) is 4.18 Å². The molecule has 0 spiro atoms. The van der Waals surface area contributed by atoms with Gasteiger partial charge in [0.1, 0.15) is 0 Å². The summed E-state index contributed by atoms with van der Waals surface area (Å²) in [6.45, 7) is 4.18. The second-order valence-electron chi connectivity index (χ2n) is 16.3. The summed E-state index contributed by atoms with van der Waals surface area (Å²) in [5.74, 6) is -0.499. The van der Waals surface area contributed by atoms with Crippen LogP contribution < -0.4 is 14.0 Å². The fourth-order valence-electron chi connectivity index (χ4n) is 9.21. The van der Waals surface area contributed by atoms with Crippen molar-refractivity contribution < 1.29 is 25.8 Å². The highest BCUT2D eigenvalue weighted by Crippen LogP contribution is 2.57. The first kappa shape index (κ1) is 41.4. The fraction of sp³-hybridized carbons (Fsp3) is 0.0714. The normalized spacial score (nSPS) is 12.9. The quantitative estimate of drug-likeness (QED) is 0.101. The number of para-hydroxylation sites is 2. The Kier molecular flexibility index (Phi) is 10.3. The van der Waals surface area contributed by atoms with Crippen LogP contribution in [0.25, 0.3) is 21.9 Å². The molecular formula is C56H41F3N2O3S. The number of anilines is 6. The summed E-state index contributed by atoms with van der Waals surface area (Å²) in [5, 5.41) is 2.01. The van der Waals surface area contributed by atoms with E-state index in [0.717, 1.165) is 66.7 Å². The van der Waals surface area contributed by atoms with Crippen molar-refractivity contribution in [1.82, 2.24) is 0 Å². The molecule has 65 heavy (non-hydrogen) atoms. The molecule has 0 N–H and O–H groups in total. The molecule has 0 aliphatic heterocycles. The van der Waals surface area contributed by atoms with Gasteiger partial charge in [-0.15, -0.1) is 0 Å². The van der Waals surface area contributed by atoms with Gasteiger partial charge in [-0.1, -0.05) is 157 Å². The molecule has 0 atom stereocenters. The van der Waals surface area contributed by atoms with Crippen LogP contribution in [0.3, 0.4) is 0 Å². The molecule has 9 heteroatoms. The first-order chi connectivity index (χ1) is 31.4. The summed E-state index contributed by atoms with van der Waals surface area (Å²) in [6.07, 6.45) is 0. The van der Waals surface area contributed by atoms with Crippen LogP contribution in [0.4, 0.5) is 47.3 Å². The molecule has 9 aromatic rings. The zero-order chi connectivity index (χ0) is 44.9. The van der Waals surface area contributed by atoms with Gasteiger partial charge in [-0.3, -0.25) is 0 Å². The molecular weight excluding hydrogens is 838 g/mol. The predicted molar refractivity (Wildman–Crippen MR) is 256 cm³/mol. The molecule has 0 unspecified atom stereocenters. The standard InChI is InChI=1S/C56H41F3N2O3S/c1-38-21-26-42(27-22-38)55(43-28-23-39(2)24-29-43)51-20-12-11-19-49(51)50-36-47(31-33-52(50)55)60(46-30-25-40-13-9-10-14-41(40)35-46)48-32-34-54(64-65(62,63)56(57,58)59)53(37-48)61(44-15-5-3-6-16-44)45-17-7-4-8-18-45/h3-37H,1-2H3. The van der Waals surface area contributed by atoms with Crippen LogP contribution in [0, 0.1) is 13.8 Å². The Morgan fingerprint density at radius 1 is 0.446 bits per heavy atom. The number of benzene rings is 9. The van der Waals surface area contributed by atoms with Gasteiger partial charge < -0.3 is 14.0 Å². The molecule has 1 aliphatic carbocycles. The topological polar surface area (TPSA) is 49.9 Å². The van der Waals surface area contributed by atoms with E-state index in [9.17, 15) is 21.6 Å². The molecule has 10 rings (SSSR count). The van der Waals surface area contributed by atoms with Crippen molar-refractivity contribution in [3.8, 4) is 16.9 Å². The SMILES string of the molecule is Cc1ccc(C2(c3ccc(C)cc3)c3ccccc3-c3cc(N(c4ccc(OS(=O)(=O)C(F)(F)F)c(N(c5ccccc5)c5ccccc5)c4)c4ccc5ccccc5c4)ccc32)cc1. The van der Waals surface area contributed by atoms with Crippen LogP contribution in [0.2, 0.25) is 0 Å². The zero-order valence-electron chi connectivity index (χ0n) is 35.4. The number of alkyl halides is 3. The van der Waals surface area contributed by atoms with E-state index >= 15 is 0 Å². The smallest absolute Gasteiger partial charge is 0.374 e. The molecule has 0 heterocycles. The van der Waals surface area contributed by atoms with Crippen molar-refractivity contribution in [2.45, 2.75) is 24.8 Å². The molecule has 9 aromatic carbocycles. The van der Waals surface area contributed by atoms with E-state index in [0.29, 0.717) is 17.1 Å². The second-order valence-corrected chi connectivity index (χ2v) is 17.8. The third-order valence-electron chi connectivity index (χ3n) is 12.2. The maximum absolute atomic E-state index is 14.1. The number of aryl methyl sites for hydroxylation is 2. The van der Waals surface area contributed by atoms with Gasteiger partial charge in [0.25, 0.3) is 0 Å². The minimum atomic E-state index is -6.07.